The van der Waals surface area contributed by atoms with Gasteiger partial charge in [0.15, 0.2) is 0 Å². The van der Waals surface area contributed by atoms with E-state index in [-0.39, 0.29) is 17.9 Å². The average molecular weight is 316 g/mol. The third-order valence-electron chi connectivity index (χ3n) is 3.15. The van der Waals surface area contributed by atoms with Crippen molar-refractivity contribution in [3.05, 3.63) is 34.4 Å². The van der Waals surface area contributed by atoms with Gasteiger partial charge in [-0.25, -0.2) is 8.42 Å². The van der Waals surface area contributed by atoms with Crippen molar-refractivity contribution in [1.82, 2.24) is 4.31 Å². The Bertz CT molecular complexity index is 688. The zero-order valence-corrected chi connectivity index (χ0v) is 11.4. The van der Waals surface area contributed by atoms with Gasteiger partial charge in [-0.1, -0.05) is 6.07 Å². The fraction of sp³-hybridized carbons (Fsp3) is 0.364. The molecule has 2 rings (SSSR count). The van der Waals surface area contributed by atoms with Crippen LogP contribution in [0.5, 0.6) is 0 Å². The number of aliphatic hydroxyl groups is 1. The van der Waals surface area contributed by atoms with Gasteiger partial charge in [-0.05, 0) is 6.07 Å². The number of carboxylic acid groups (broad SMARTS) is 1. The van der Waals surface area contributed by atoms with Crippen LogP contribution in [-0.4, -0.2) is 52.5 Å². The molecule has 1 aromatic rings. The van der Waals surface area contributed by atoms with Crippen molar-refractivity contribution in [2.24, 2.45) is 0 Å². The van der Waals surface area contributed by atoms with Crippen molar-refractivity contribution in [2.75, 3.05) is 6.54 Å². The Morgan fingerprint density at radius 2 is 2.10 bits per heavy atom. The summed E-state index contributed by atoms with van der Waals surface area (Å²) in [5.41, 5.74) is -0.414. The summed E-state index contributed by atoms with van der Waals surface area (Å²) in [4.78, 5) is 20.7. The highest BCUT2D eigenvalue weighted by Crippen LogP contribution is 2.28. The number of aliphatic carboxylic acids is 1. The molecule has 1 fully saturated rings. The van der Waals surface area contributed by atoms with Gasteiger partial charge in [0, 0.05) is 25.1 Å². The number of nitro groups is 1. The molecule has 1 aromatic carbocycles. The van der Waals surface area contributed by atoms with E-state index in [0.29, 0.717) is 4.31 Å². The molecule has 1 heterocycles. The number of nitrogens with zero attached hydrogens (tertiary/aromatic N) is 2. The zero-order valence-electron chi connectivity index (χ0n) is 10.6. The molecular weight excluding hydrogens is 304 g/mol. The highest BCUT2D eigenvalue weighted by molar-refractivity contribution is 7.89. The lowest BCUT2D eigenvalue weighted by molar-refractivity contribution is -0.385. The van der Waals surface area contributed by atoms with Crippen molar-refractivity contribution < 1.29 is 28.3 Å². The number of β-amino-alcohol motifs (C(OH)–C–C–N with tert-alkyl or cyclic N) is 1. The third kappa shape index (κ3) is 2.86. The van der Waals surface area contributed by atoms with Crippen LogP contribution in [0.4, 0.5) is 5.69 Å². The van der Waals surface area contributed by atoms with Gasteiger partial charge in [0.25, 0.3) is 5.69 Å². The number of carboxylic acids is 1. The van der Waals surface area contributed by atoms with Gasteiger partial charge >= 0.3 is 5.97 Å². The number of benzene rings is 1. The second-order valence-electron chi connectivity index (χ2n) is 4.57. The van der Waals surface area contributed by atoms with E-state index in [0.717, 1.165) is 18.2 Å². The standard InChI is InChI=1S/C11H12N2O7S/c14-8-5-10(11(15)16)12(6-8)21(19,20)9-3-1-2-7(4-9)13(17)18/h1-4,8,10,14H,5-6H2,(H,15,16)/t8-,10-/m0/s1. The summed E-state index contributed by atoms with van der Waals surface area (Å²) < 4.78 is 25.4. The van der Waals surface area contributed by atoms with E-state index in [2.05, 4.69) is 0 Å². The quantitative estimate of drug-likeness (QED) is 0.579. The van der Waals surface area contributed by atoms with Crippen molar-refractivity contribution >= 4 is 21.7 Å². The molecule has 0 saturated carbocycles. The first-order valence-electron chi connectivity index (χ1n) is 5.90. The number of sulfonamides is 1. The molecule has 0 bridgehead atoms. The van der Waals surface area contributed by atoms with Gasteiger partial charge in [0.1, 0.15) is 6.04 Å². The minimum absolute atomic E-state index is 0.219. The number of carbonyl (C=O) groups is 1. The molecule has 10 heteroatoms. The summed E-state index contributed by atoms with van der Waals surface area (Å²) in [7, 11) is -4.23. The normalized spacial score (nSPS) is 23.1. The minimum atomic E-state index is -4.23. The van der Waals surface area contributed by atoms with Crippen LogP contribution in [0.3, 0.4) is 0 Å². The van der Waals surface area contributed by atoms with Crippen molar-refractivity contribution in [2.45, 2.75) is 23.5 Å². The molecule has 1 saturated heterocycles. The molecule has 0 spiro atoms. The lowest BCUT2D eigenvalue weighted by atomic mass is 10.2. The van der Waals surface area contributed by atoms with Gasteiger partial charge in [-0.2, -0.15) is 4.31 Å². The SMILES string of the molecule is O=C(O)[C@@H]1C[C@H](O)CN1S(=O)(=O)c1cccc([N+](=O)[O-])c1. The number of non-ortho nitro benzene ring substituents is 1. The van der Waals surface area contributed by atoms with Gasteiger partial charge in [0.2, 0.25) is 10.0 Å². The summed E-state index contributed by atoms with van der Waals surface area (Å²) in [5, 5.41) is 29.2. The Balaban J connectivity index is 2.44. The molecule has 0 aromatic heterocycles. The maximum absolute atomic E-state index is 12.4. The van der Waals surface area contributed by atoms with E-state index in [4.69, 9.17) is 5.11 Å². The summed E-state index contributed by atoms with van der Waals surface area (Å²) in [5.74, 6) is -1.37. The lowest BCUT2D eigenvalue weighted by Gasteiger charge is -2.20. The topological polar surface area (TPSA) is 138 Å². The molecule has 2 atom stereocenters. The first-order valence-corrected chi connectivity index (χ1v) is 7.34. The Labute approximate surface area is 119 Å². The van der Waals surface area contributed by atoms with Gasteiger partial charge in [-0.3, -0.25) is 14.9 Å². The molecule has 0 amide bonds. The maximum Gasteiger partial charge on any atom is 0.322 e. The van der Waals surface area contributed by atoms with Crippen LogP contribution in [0.15, 0.2) is 29.2 Å². The second kappa shape index (κ2) is 5.39. The molecule has 0 aliphatic carbocycles. The monoisotopic (exact) mass is 316 g/mol. The van der Waals surface area contributed by atoms with Gasteiger partial charge in [0.05, 0.1) is 15.9 Å². The van der Waals surface area contributed by atoms with Crippen LogP contribution in [0.25, 0.3) is 0 Å². The summed E-state index contributed by atoms with van der Waals surface area (Å²) in [6, 6.07) is 2.95. The predicted molar refractivity (Wildman–Crippen MR) is 69.0 cm³/mol. The number of nitro benzene ring substituents is 1. The number of hydrogen-bond acceptors (Lipinski definition) is 6. The zero-order chi connectivity index (χ0) is 15.8. The van der Waals surface area contributed by atoms with E-state index in [1.165, 1.54) is 6.07 Å². The smallest absolute Gasteiger partial charge is 0.322 e. The molecular formula is C11H12N2O7S. The first-order chi connectivity index (χ1) is 9.73. The van der Waals surface area contributed by atoms with E-state index in [1.807, 2.05) is 0 Å². The molecule has 1 aliphatic heterocycles. The summed E-state index contributed by atoms with van der Waals surface area (Å²) in [6.45, 7) is -0.359. The lowest BCUT2D eigenvalue weighted by Crippen LogP contribution is -2.40. The highest BCUT2D eigenvalue weighted by Gasteiger charge is 2.43. The van der Waals surface area contributed by atoms with Crippen LogP contribution in [-0.2, 0) is 14.8 Å². The number of rotatable bonds is 4. The van der Waals surface area contributed by atoms with E-state index in [1.54, 1.807) is 0 Å². The van der Waals surface area contributed by atoms with Crippen LogP contribution in [0, 0.1) is 10.1 Å². The van der Waals surface area contributed by atoms with Crippen LogP contribution >= 0.6 is 0 Å². The fourth-order valence-corrected chi connectivity index (χ4v) is 3.84. The highest BCUT2D eigenvalue weighted by atomic mass is 32.2. The average Bonchev–Trinajstić information content (AvgIpc) is 2.82. The second-order valence-corrected chi connectivity index (χ2v) is 6.46. The number of hydrogen-bond donors (Lipinski definition) is 2. The van der Waals surface area contributed by atoms with E-state index >= 15 is 0 Å². The summed E-state index contributed by atoms with van der Waals surface area (Å²) in [6.07, 6.45) is -1.30. The van der Waals surface area contributed by atoms with Crippen LogP contribution < -0.4 is 0 Å². The van der Waals surface area contributed by atoms with Gasteiger partial charge < -0.3 is 10.2 Å². The molecule has 0 radical (unpaired) electrons. The summed E-state index contributed by atoms with van der Waals surface area (Å²) >= 11 is 0. The molecule has 1 aliphatic rings. The Morgan fingerprint density at radius 1 is 1.43 bits per heavy atom. The van der Waals surface area contributed by atoms with Crippen LogP contribution in [0.2, 0.25) is 0 Å². The minimum Gasteiger partial charge on any atom is -0.480 e. The maximum atomic E-state index is 12.4. The van der Waals surface area contributed by atoms with Gasteiger partial charge in [-0.15, -0.1) is 0 Å². The van der Waals surface area contributed by atoms with Crippen molar-refractivity contribution in [1.29, 1.82) is 0 Å². The van der Waals surface area contributed by atoms with E-state index < -0.39 is 38.7 Å². The molecule has 0 unspecified atom stereocenters. The Kier molecular flexibility index (Phi) is 3.94. The molecule has 2 N–H and O–H groups in total. The predicted octanol–water partition coefficient (Wildman–Crippen LogP) is -0.197. The Hall–Kier alpha value is -2.04. The van der Waals surface area contributed by atoms with Crippen LogP contribution in [0.1, 0.15) is 6.42 Å². The molecule has 114 valence electrons. The molecule has 9 nitrogen and oxygen atoms in total. The largest absolute Gasteiger partial charge is 0.480 e. The van der Waals surface area contributed by atoms with E-state index in [9.17, 15) is 28.4 Å². The fourth-order valence-electron chi connectivity index (χ4n) is 2.17. The third-order valence-corrected chi connectivity index (χ3v) is 5.02. The van der Waals surface area contributed by atoms with Crippen molar-refractivity contribution in [3.8, 4) is 0 Å². The first kappa shape index (κ1) is 15.4. The van der Waals surface area contributed by atoms with Crippen molar-refractivity contribution in [3.63, 3.8) is 0 Å². The Morgan fingerprint density at radius 3 is 2.67 bits per heavy atom. The number of aliphatic hydroxyl groups excluding tert-OH is 1. The molecule has 21 heavy (non-hydrogen) atoms.